The van der Waals surface area contributed by atoms with Crippen molar-refractivity contribution in [2.45, 2.75) is 12.4 Å². The molecule has 1 aliphatic heterocycles. The van der Waals surface area contributed by atoms with E-state index >= 15 is 0 Å². The number of nitrogens with one attached hydrogen (secondary N) is 2. The molecule has 0 amide bonds. The number of rotatable bonds is 1. The van der Waals surface area contributed by atoms with Gasteiger partial charge in [0.1, 0.15) is 0 Å². The molecule has 58 valence electrons. The average Bonchev–Trinajstić information content (AvgIpc) is 2.11. The summed E-state index contributed by atoms with van der Waals surface area (Å²) >= 11 is 0. The molecule has 1 atom stereocenters. The molecule has 1 aliphatic rings. The summed E-state index contributed by atoms with van der Waals surface area (Å²) in [5.41, 5.74) is 0.211. The number of sulfone groups is 1. The Kier molecular flexibility index (Phi) is 1.60. The van der Waals surface area contributed by atoms with E-state index in [1.165, 1.54) is 6.26 Å². The summed E-state index contributed by atoms with van der Waals surface area (Å²) in [6.45, 7) is 1.80. The van der Waals surface area contributed by atoms with Gasteiger partial charge < -0.3 is 10.6 Å². The first-order chi connectivity index (χ1) is 4.50. The van der Waals surface area contributed by atoms with Crippen LogP contribution in [0, 0.1) is 0 Å². The van der Waals surface area contributed by atoms with Crippen LogP contribution < -0.4 is 10.6 Å². The molecule has 2 N–H and O–H groups in total. The lowest BCUT2D eigenvalue weighted by molar-refractivity contribution is 0.568. The van der Waals surface area contributed by atoms with Gasteiger partial charge in [-0.1, -0.05) is 0 Å². The van der Waals surface area contributed by atoms with Crippen molar-refractivity contribution >= 4 is 9.84 Å². The van der Waals surface area contributed by atoms with Crippen molar-refractivity contribution in [3.63, 3.8) is 0 Å². The third-order valence-corrected chi connectivity index (χ3v) is 2.35. The molecule has 0 bridgehead atoms. The van der Waals surface area contributed by atoms with Gasteiger partial charge in [-0.05, 0) is 6.92 Å². The third-order valence-electron chi connectivity index (χ3n) is 1.24. The van der Waals surface area contributed by atoms with Crippen LogP contribution in [0.1, 0.15) is 6.92 Å². The van der Waals surface area contributed by atoms with Crippen molar-refractivity contribution in [1.29, 1.82) is 0 Å². The summed E-state index contributed by atoms with van der Waals surface area (Å²) < 4.78 is 21.6. The zero-order valence-corrected chi connectivity index (χ0v) is 6.70. The van der Waals surface area contributed by atoms with E-state index in [4.69, 9.17) is 0 Å². The van der Waals surface area contributed by atoms with Gasteiger partial charge in [0.25, 0.3) is 0 Å². The van der Waals surface area contributed by atoms with Gasteiger partial charge in [0.2, 0.25) is 5.50 Å². The van der Waals surface area contributed by atoms with Crippen LogP contribution in [0.15, 0.2) is 11.9 Å². The molecule has 1 heterocycles. The Balaban J connectivity index is 2.68. The molecule has 0 saturated carbocycles. The molecule has 0 spiro atoms. The second-order valence-corrected chi connectivity index (χ2v) is 4.48. The molecular formula is C5H10N2O2S. The lowest BCUT2D eigenvalue weighted by atomic mass is 10.6. The van der Waals surface area contributed by atoms with Crippen LogP contribution in [0.5, 0.6) is 0 Å². The maximum Gasteiger partial charge on any atom is 0.201 e. The van der Waals surface area contributed by atoms with Crippen molar-refractivity contribution in [2.24, 2.45) is 0 Å². The van der Waals surface area contributed by atoms with Crippen LogP contribution in [0.2, 0.25) is 0 Å². The van der Waals surface area contributed by atoms with Gasteiger partial charge in [0.15, 0.2) is 9.84 Å². The zero-order chi connectivity index (χ0) is 7.78. The minimum Gasteiger partial charge on any atom is -0.357 e. The Morgan fingerprint density at radius 3 is 2.40 bits per heavy atom. The normalized spacial score (nSPS) is 25.0. The molecule has 0 fully saturated rings. The minimum atomic E-state index is -3.01. The molecular weight excluding hydrogens is 152 g/mol. The first-order valence-corrected chi connectivity index (χ1v) is 4.84. The van der Waals surface area contributed by atoms with E-state index in [-0.39, 0.29) is 0 Å². The molecule has 0 aromatic carbocycles. The number of allylic oxidation sites excluding steroid dienone is 1. The van der Waals surface area contributed by atoms with Crippen LogP contribution in [-0.4, -0.2) is 20.2 Å². The molecule has 1 rings (SSSR count). The fourth-order valence-corrected chi connectivity index (χ4v) is 1.44. The lowest BCUT2D eigenvalue weighted by Crippen LogP contribution is -2.39. The minimum absolute atomic E-state index is 0.632. The molecule has 5 heteroatoms. The van der Waals surface area contributed by atoms with Crippen LogP contribution >= 0.6 is 0 Å². The maximum absolute atomic E-state index is 10.8. The third kappa shape index (κ3) is 1.41. The molecule has 0 aromatic heterocycles. The van der Waals surface area contributed by atoms with E-state index in [2.05, 4.69) is 10.6 Å². The first kappa shape index (κ1) is 7.40. The summed E-state index contributed by atoms with van der Waals surface area (Å²) in [5, 5.41) is 5.44. The predicted octanol–water partition coefficient (Wildman–Crippen LogP) is -0.631. The summed E-state index contributed by atoms with van der Waals surface area (Å²) in [6.07, 6.45) is 2.83. The van der Waals surface area contributed by atoms with Gasteiger partial charge in [-0.15, -0.1) is 0 Å². The summed E-state index contributed by atoms with van der Waals surface area (Å²) in [4.78, 5) is 0. The standard InChI is InChI=1S/C5H10N2O2S/c1-4-3-6-5(7-4)10(2,8)9/h3,5-7H,1-2H3. The molecule has 0 aliphatic carbocycles. The van der Waals surface area contributed by atoms with Crippen molar-refractivity contribution in [3.05, 3.63) is 11.9 Å². The van der Waals surface area contributed by atoms with Gasteiger partial charge in [-0.3, -0.25) is 0 Å². The molecule has 10 heavy (non-hydrogen) atoms. The summed E-state index contributed by atoms with van der Waals surface area (Å²) in [6, 6.07) is 0. The van der Waals surface area contributed by atoms with Crippen molar-refractivity contribution in [2.75, 3.05) is 6.26 Å². The molecule has 0 radical (unpaired) electrons. The van der Waals surface area contributed by atoms with Crippen molar-refractivity contribution < 1.29 is 8.42 Å². The van der Waals surface area contributed by atoms with E-state index in [0.717, 1.165) is 5.70 Å². The maximum atomic E-state index is 10.8. The van der Waals surface area contributed by atoms with E-state index < -0.39 is 15.3 Å². The van der Waals surface area contributed by atoms with Gasteiger partial charge in [0, 0.05) is 18.2 Å². The highest BCUT2D eigenvalue weighted by Gasteiger charge is 2.21. The van der Waals surface area contributed by atoms with Gasteiger partial charge in [-0.2, -0.15) is 0 Å². The smallest absolute Gasteiger partial charge is 0.201 e. The largest absolute Gasteiger partial charge is 0.357 e. The Labute approximate surface area is 60.2 Å². The second-order valence-electron chi connectivity index (χ2n) is 2.35. The van der Waals surface area contributed by atoms with E-state index in [1.807, 2.05) is 0 Å². The quantitative estimate of drug-likeness (QED) is 0.539. The highest BCUT2D eigenvalue weighted by Crippen LogP contribution is 2.01. The van der Waals surface area contributed by atoms with Gasteiger partial charge in [-0.25, -0.2) is 8.42 Å². The van der Waals surface area contributed by atoms with E-state index in [0.29, 0.717) is 0 Å². The highest BCUT2D eigenvalue weighted by atomic mass is 32.2. The zero-order valence-electron chi connectivity index (χ0n) is 5.88. The van der Waals surface area contributed by atoms with E-state index in [1.54, 1.807) is 13.1 Å². The summed E-state index contributed by atoms with van der Waals surface area (Å²) in [5.74, 6) is 0. The second kappa shape index (κ2) is 2.16. The molecule has 4 nitrogen and oxygen atoms in total. The van der Waals surface area contributed by atoms with Gasteiger partial charge in [0.05, 0.1) is 0 Å². The Hall–Kier alpha value is -0.710. The highest BCUT2D eigenvalue weighted by molar-refractivity contribution is 7.91. The SMILES string of the molecule is CC1=CNC(S(C)(=O)=O)N1. The molecule has 1 unspecified atom stereocenters. The van der Waals surface area contributed by atoms with Crippen LogP contribution in [0.3, 0.4) is 0 Å². The van der Waals surface area contributed by atoms with E-state index in [9.17, 15) is 8.42 Å². The van der Waals surface area contributed by atoms with Crippen molar-refractivity contribution in [1.82, 2.24) is 10.6 Å². The number of hydrogen-bond donors (Lipinski definition) is 2. The average molecular weight is 162 g/mol. The van der Waals surface area contributed by atoms with Crippen LogP contribution in [0.25, 0.3) is 0 Å². The lowest BCUT2D eigenvalue weighted by Gasteiger charge is -2.09. The first-order valence-electron chi connectivity index (χ1n) is 2.88. The molecule has 0 saturated heterocycles. The Morgan fingerprint density at radius 1 is 1.60 bits per heavy atom. The number of hydrogen-bond acceptors (Lipinski definition) is 4. The fraction of sp³-hybridized carbons (Fsp3) is 0.600. The van der Waals surface area contributed by atoms with Crippen LogP contribution in [0.4, 0.5) is 0 Å². The fourth-order valence-electron chi connectivity index (χ4n) is 0.721. The Morgan fingerprint density at radius 2 is 2.20 bits per heavy atom. The summed E-state index contributed by atoms with van der Waals surface area (Å²) in [7, 11) is -3.01. The predicted molar refractivity (Wildman–Crippen MR) is 38.7 cm³/mol. The van der Waals surface area contributed by atoms with Crippen LogP contribution in [-0.2, 0) is 9.84 Å². The van der Waals surface area contributed by atoms with Gasteiger partial charge >= 0.3 is 0 Å². The molecule has 0 aromatic rings. The van der Waals surface area contributed by atoms with Crippen molar-refractivity contribution in [3.8, 4) is 0 Å². The monoisotopic (exact) mass is 162 g/mol. The Bertz CT molecular complexity index is 255. The topological polar surface area (TPSA) is 58.2 Å².